The summed E-state index contributed by atoms with van der Waals surface area (Å²) in [6.07, 6.45) is 1.92. The number of nitrogens with one attached hydrogen (secondary N) is 2. The summed E-state index contributed by atoms with van der Waals surface area (Å²) in [5.41, 5.74) is 0.571. The number of hydrogen-bond donors (Lipinski definition) is 3. The molecule has 2 atom stereocenters. The topological polar surface area (TPSA) is 65.9 Å². The average Bonchev–Trinajstić information content (AvgIpc) is 2.61. The van der Waals surface area contributed by atoms with Crippen LogP contribution in [0.4, 0.5) is 0 Å². The molecular formula is C19H32IN3O2S. The Morgan fingerprint density at radius 2 is 2.04 bits per heavy atom. The van der Waals surface area contributed by atoms with Gasteiger partial charge in [0.15, 0.2) is 5.96 Å². The molecule has 3 N–H and O–H groups in total. The standard InChI is InChI=1S/C19H31N3O2S.HI/c1-4-20-18(22-14-19(23)11-10-17(19)25-5-2)21-12-13-24-16-8-6-15(3)7-9-16;/h6-9,17,23H,4-5,10-14H2,1-3H3,(H2,20,21,22);1H. The Morgan fingerprint density at radius 1 is 1.31 bits per heavy atom. The number of hydrogen-bond acceptors (Lipinski definition) is 4. The van der Waals surface area contributed by atoms with Gasteiger partial charge in [0.25, 0.3) is 0 Å². The van der Waals surface area contributed by atoms with Crippen LogP contribution in [0.2, 0.25) is 0 Å². The Hall–Kier alpha value is -0.670. The number of rotatable bonds is 9. The molecule has 0 bridgehead atoms. The van der Waals surface area contributed by atoms with E-state index in [0.717, 1.165) is 36.8 Å². The monoisotopic (exact) mass is 493 g/mol. The predicted molar refractivity (Wildman–Crippen MR) is 122 cm³/mol. The molecule has 5 nitrogen and oxygen atoms in total. The maximum absolute atomic E-state index is 10.7. The van der Waals surface area contributed by atoms with Gasteiger partial charge in [-0.3, -0.25) is 4.99 Å². The zero-order valence-corrected chi connectivity index (χ0v) is 19.1. The molecule has 0 amide bonds. The molecule has 1 aromatic carbocycles. The van der Waals surface area contributed by atoms with Crippen LogP contribution in [0, 0.1) is 6.92 Å². The minimum atomic E-state index is -0.651. The summed E-state index contributed by atoms with van der Waals surface area (Å²) in [4.78, 5) is 4.57. The third-order valence-corrected chi connectivity index (χ3v) is 5.76. The maximum Gasteiger partial charge on any atom is 0.191 e. The van der Waals surface area contributed by atoms with E-state index in [1.807, 2.05) is 43.0 Å². The van der Waals surface area contributed by atoms with Crippen molar-refractivity contribution in [2.24, 2.45) is 4.99 Å². The number of aliphatic imine (C=N–C) groups is 1. The molecule has 148 valence electrons. The Morgan fingerprint density at radius 3 is 2.62 bits per heavy atom. The van der Waals surface area contributed by atoms with Gasteiger partial charge in [-0.15, -0.1) is 24.0 Å². The summed E-state index contributed by atoms with van der Waals surface area (Å²) in [5, 5.41) is 17.5. The summed E-state index contributed by atoms with van der Waals surface area (Å²) in [7, 11) is 0. The van der Waals surface area contributed by atoms with Crippen LogP contribution in [-0.2, 0) is 0 Å². The smallest absolute Gasteiger partial charge is 0.191 e. The molecule has 1 saturated carbocycles. The van der Waals surface area contributed by atoms with Gasteiger partial charge in [0, 0.05) is 11.8 Å². The van der Waals surface area contributed by atoms with Crippen LogP contribution >= 0.6 is 35.7 Å². The fourth-order valence-corrected chi connectivity index (χ4v) is 3.94. The molecule has 0 spiro atoms. The molecule has 1 fully saturated rings. The highest BCUT2D eigenvalue weighted by Gasteiger charge is 2.45. The fraction of sp³-hybridized carbons (Fsp3) is 0.632. The van der Waals surface area contributed by atoms with E-state index in [9.17, 15) is 5.11 Å². The van der Waals surface area contributed by atoms with Gasteiger partial charge in [0.05, 0.1) is 18.7 Å². The van der Waals surface area contributed by atoms with Gasteiger partial charge in [0.1, 0.15) is 12.4 Å². The van der Waals surface area contributed by atoms with Crippen molar-refractivity contribution in [2.45, 2.75) is 44.5 Å². The van der Waals surface area contributed by atoms with Crippen molar-refractivity contribution in [3.8, 4) is 5.75 Å². The van der Waals surface area contributed by atoms with Crippen LogP contribution in [-0.4, -0.2) is 53.9 Å². The second kappa shape index (κ2) is 11.9. The van der Waals surface area contributed by atoms with Crippen LogP contribution < -0.4 is 15.4 Å². The maximum atomic E-state index is 10.7. The van der Waals surface area contributed by atoms with Crippen molar-refractivity contribution in [1.82, 2.24) is 10.6 Å². The predicted octanol–water partition coefficient (Wildman–Crippen LogP) is 3.19. The SMILES string of the molecule is CCNC(=NCC1(O)CCC1SCC)NCCOc1ccc(C)cc1.I. The minimum Gasteiger partial charge on any atom is -0.492 e. The van der Waals surface area contributed by atoms with Crippen molar-refractivity contribution < 1.29 is 9.84 Å². The van der Waals surface area contributed by atoms with E-state index >= 15 is 0 Å². The normalized spacial score (nSPS) is 22.2. The molecule has 26 heavy (non-hydrogen) atoms. The first-order chi connectivity index (χ1) is 12.1. The van der Waals surface area contributed by atoms with Crippen molar-refractivity contribution in [1.29, 1.82) is 0 Å². The second-order valence-corrected chi connectivity index (χ2v) is 7.85. The lowest BCUT2D eigenvalue weighted by atomic mass is 9.79. The van der Waals surface area contributed by atoms with E-state index in [2.05, 4.69) is 29.5 Å². The lowest BCUT2D eigenvalue weighted by Crippen LogP contribution is -2.53. The lowest BCUT2D eigenvalue weighted by Gasteiger charge is -2.44. The number of halogens is 1. The van der Waals surface area contributed by atoms with E-state index in [1.165, 1.54) is 5.56 Å². The Bertz CT molecular complexity index is 556. The Kier molecular flexibility index (Phi) is 10.7. The van der Waals surface area contributed by atoms with E-state index in [0.29, 0.717) is 24.9 Å². The zero-order chi connectivity index (χ0) is 18.1. The van der Waals surface area contributed by atoms with Gasteiger partial charge in [0.2, 0.25) is 0 Å². The number of benzene rings is 1. The molecule has 0 heterocycles. The summed E-state index contributed by atoms with van der Waals surface area (Å²) in [6, 6.07) is 8.04. The minimum absolute atomic E-state index is 0. The number of thioether (sulfide) groups is 1. The van der Waals surface area contributed by atoms with Gasteiger partial charge in [-0.25, -0.2) is 0 Å². The molecule has 2 rings (SSSR count). The first-order valence-electron chi connectivity index (χ1n) is 9.13. The molecule has 0 radical (unpaired) electrons. The largest absolute Gasteiger partial charge is 0.492 e. The van der Waals surface area contributed by atoms with E-state index in [1.54, 1.807) is 0 Å². The molecule has 2 unspecified atom stereocenters. The number of aryl methyl sites for hydroxylation is 1. The average molecular weight is 493 g/mol. The highest BCUT2D eigenvalue weighted by atomic mass is 127. The lowest BCUT2D eigenvalue weighted by molar-refractivity contribution is -0.0154. The summed E-state index contributed by atoms with van der Waals surface area (Å²) in [5.74, 6) is 2.64. The van der Waals surface area contributed by atoms with Crippen LogP contribution in [0.1, 0.15) is 32.3 Å². The zero-order valence-electron chi connectivity index (χ0n) is 16.0. The second-order valence-electron chi connectivity index (χ2n) is 6.37. The first-order valence-corrected chi connectivity index (χ1v) is 10.2. The third-order valence-electron chi connectivity index (χ3n) is 4.35. The quantitative estimate of drug-likeness (QED) is 0.214. The summed E-state index contributed by atoms with van der Waals surface area (Å²) < 4.78 is 5.72. The number of ether oxygens (including phenoxy) is 1. The van der Waals surface area contributed by atoms with Crippen molar-refractivity contribution >= 4 is 41.7 Å². The van der Waals surface area contributed by atoms with Crippen molar-refractivity contribution in [3.63, 3.8) is 0 Å². The first kappa shape index (κ1) is 23.4. The van der Waals surface area contributed by atoms with Gasteiger partial charge in [-0.1, -0.05) is 24.6 Å². The molecule has 1 aliphatic carbocycles. The number of aliphatic hydroxyl groups is 1. The summed E-state index contributed by atoms with van der Waals surface area (Å²) >= 11 is 1.83. The van der Waals surface area contributed by atoms with Crippen LogP contribution in [0.25, 0.3) is 0 Å². The third kappa shape index (κ3) is 7.15. The highest BCUT2D eigenvalue weighted by molar-refractivity contribution is 14.0. The molecule has 0 aliphatic heterocycles. The van der Waals surface area contributed by atoms with E-state index < -0.39 is 5.60 Å². The molecule has 0 aromatic heterocycles. The van der Waals surface area contributed by atoms with Crippen LogP contribution in [0.3, 0.4) is 0 Å². The van der Waals surface area contributed by atoms with Crippen LogP contribution in [0.15, 0.2) is 29.3 Å². The summed E-state index contributed by atoms with van der Waals surface area (Å²) in [6.45, 7) is 8.68. The molecular weight excluding hydrogens is 461 g/mol. The van der Waals surface area contributed by atoms with Crippen LogP contribution in [0.5, 0.6) is 5.75 Å². The van der Waals surface area contributed by atoms with Gasteiger partial charge < -0.3 is 20.5 Å². The Balaban J connectivity index is 0.00000338. The van der Waals surface area contributed by atoms with E-state index in [4.69, 9.17) is 4.74 Å². The molecule has 1 aromatic rings. The van der Waals surface area contributed by atoms with Gasteiger partial charge in [-0.05, 0) is 44.6 Å². The van der Waals surface area contributed by atoms with Gasteiger partial charge in [-0.2, -0.15) is 11.8 Å². The van der Waals surface area contributed by atoms with Gasteiger partial charge >= 0.3 is 0 Å². The Labute approximate surface area is 178 Å². The van der Waals surface area contributed by atoms with Crippen molar-refractivity contribution in [2.75, 3.05) is 32.0 Å². The molecule has 1 aliphatic rings. The van der Waals surface area contributed by atoms with Crippen molar-refractivity contribution in [3.05, 3.63) is 29.8 Å². The van der Waals surface area contributed by atoms with E-state index in [-0.39, 0.29) is 24.0 Å². The number of nitrogens with zero attached hydrogens (tertiary/aromatic N) is 1. The molecule has 0 saturated heterocycles. The number of guanidine groups is 1. The highest BCUT2D eigenvalue weighted by Crippen LogP contribution is 2.41. The molecule has 7 heteroatoms. The fourth-order valence-electron chi connectivity index (χ4n) is 2.75.